The lowest BCUT2D eigenvalue weighted by molar-refractivity contribution is 0.102. The highest BCUT2D eigenvalue weighted by atomic mass is 35.5. The van der Waals surface area contributed by atoms with Gasteiger partial charge in [-0.05, 0) is 55.3 Å². The van der Waals surface area contributed by atoms with Gasteiger partial charge in [0.15, 0.2) is 12.2 Å². The first-order valence-corrected chi connectivity index (χ1v) is 11.4. The van der Waals surface area contributed by atoms with Crippen LogP contribution >= 0.6 is 11.6 Å². The lowest BCUT2D eigenvalue weighted by Gasteiger charge is -2.26. The maximum absolute atomic E-state index is 13.0. The molecule has 0 aliphatic carbocycles. The van der Waals surface area contributed by atoms with E-state index in [0.29, 0.717) is 24.5 Å². The first-order chi connectivity index (χ1) is 14.4. The zero-order valence-electron chi connectivity index (χ0n) is 16.0. The number of aromatic nitrogens is 1. The molecule has 0 bridgehead atoms. The molecular weight excluding hydrogens is 426 g/mol. The number of benzene rings is 2. The highest BCUT2D eigenvalue weighted by Gasteiger charge is 2.28. The van der Waals surface area contributed by atoms with E-state index in [1.807, 2.05) is 0 Å². The van der Waals surface area contributed by atoms with Crippen LogP contribution in [0.5, 0.6) is 0 Å². The van der Waals surface area contributed by atoms with E-state index in [9.17, 15) is 13.2 Å². The van der Waals surface area contributed by atoms with Crippen molar-refractivity contribution in [2.24, 2.45) is 0 Å². The monoisotopic (exact) mass is 445 g/mol. The van der Waals surface area contributed by atoms with E-state index < -0.39 is 15.9 Å². The third kappa shape index (κ3) is 4.26. The van der Waals surface area contributed by atoms with Crippen molar-refractivity contribution in [1.29, 1.82) is 0 Å². The summed E-state index contributed by atoms with van der Waals surface area (Å²) in [5.41, 5.74) is 1.61. The second-order valence-corrected chi connectivity index (χ2v) is 9.32. The fourth-order valence-corrected chi connectivity index (χ4v) is 5.38. The largest absolute Gasteiger partial charge is 0.444 e. The number of carbonyl (C=O) groups is 1. The van der Waals surface area contributed by atoms with Crippen molar-refractivity contribution in [3.05, 3.63) is 65.6 Å². The molecule has 30 heavy (non-hydrogen) atoms. The smallest absolute Gasteiger partial charge is 0.255 e. The Morgan fingerprint density at radius 1 is 1.07 bits per heavy atom. The lowest BCUT2D eigenvalue weighted by Crippen LogP contribution is -2.35. The lowest BCUT2D eigenvalue weighted by atomic mass is 10.1. The topological polar surface area (TPSA) is 92.5 Å². The summed E-state index contributed by atoms with van der Waals surface area (Å²) in [6, 6.07) is 11.4. The van der Waals surface area contributed by atoms with Crippen molar-refractivity contribution in [1.82, 2.24) is 9.29 Å². The van der Waals surface area contributed by atoms with E-state index in [1.54, 1.807) is 30.5 Å². The number of nitrogens with zero attached hydrogens (tertiary/aromatic N) is 2. The van der Waals surface area contributed by atoms with Gasteiger partial charge in [0.2, 0.25) is 10.0 Å². The van der Waals surface area contributed by atoms with E-state index >= 15 is 0 Å². The number of anilines is 1. The van der Waals surface area contributed by atoms with Crippen molar-refractivity contribution < 1.29 is 17.6 Å². The van der Waals surface area contributed by atoms with Crippen LogP contribution < -0.4 is 5.32 Å². The first-order valence-electron chi connectivity index (χ1n) is 9.55. The van der Waals surface area contributed by atoms with Gasteiger partial charge in [0.05, 0.1) is 11.2 Å². The highest BCUT2D eigenvalue weighted by Crippen LogP contribution is 2.28. The van der Waals surface area contributed by atoms with Crippen LogP contribution in [-0.4, -0.2) is 36.7 Å². The van der Waals surface area contributed by atoms with Gasteiger partial charge in [-0.2, -0.15) is 4.31 Å². The van der Waals surface area contributed by atoms with Crippen LogP contribution in [-0.2, 0) is 10.0 Å². The van der Waals surface area contributed by atoms with Crippen LogP contribution in [0.3, 0.4) is 0 Å². The number of halogens is 1. The molecule has 0 radical (unpaired) electrons. The van der Waals surface area contributed by atoms with Gasteiger partial charge in [0.1, 0.15) is 4.90 Å². The molecule has 1 aliphatic heterocycles. The Bertz CT molecular complexity index is 1140. The SMILES string of the molecule is O=C(Nc1ccc(-c2cnco2)cc1)c1ccc(Cl)c(S(=O)(=O)N2CCCCC2)c1. The predicted octanol–water partition coefficient (Wildman–Crippen LogP) is 4.42. The second-order valence-electron chi connectivity index (χ2n) is 7.01. The molecule has 0 atom stereocenters. The number of oxazole rings is 1. The molecule has 7 nitrogen and oxygen atoms in total. The molecule has 0 unspecified atom stereocenters. The van der Waals surface area contributed by atoms with Crippen LogP contribution in [0.15, 0.2) is 64.4 Å². The van der Waals surface area contributed by atoms with Gasteiger partial charge >= 0.3 is 0 Å². The number of piperidine rings is 1. The number of nitrogens with one attached hydrogen (secondary N) is 1. The number of amides is 1. The number of hydrogen-bond acceptors (Lipinski definition) is 5. The summed E-state index contributed by atoms with van der Waals surface area (Å²) in [5, 5.41) is 2.88. The van der Waals surface area contributed by atoms with Crippen LogP contribution in [0.4, 0.5) is 5.69 Å². The Morgan fingerprint density at radius 3 is 2.47 bits per heavy atom. The molecule has 2 aromatic carbocycles. The van der Waals surface area contributed by atoms with E-state index in [1.165, 1.54) is 28.9 Å². The van der Waals surface area contributed by atoms with Gasteiger partial charge in [-0.25, -0.2) is 13.4 Å². The summed E-state index contributed by atoms with van der Waals surface area (Å²) in [7, 11) is -3.75. The van der Waals surface area contributed by atoms with Gasteiger partial charge in [-0.1, -0.05) is 18.0 Å². The fourth-order valence-electron chi connectivity index (χ4n) is 3.37. The molecule has 3 aromatic rings. The maximum atomic E-state index is 13.0. The zero-order chi connectivity index (χ0) is 21.1. The average Bonchev–Trinajstić information content (AvgIpc) is 3.30. The predicted molar refractivity (Wildman–Crippen MR) is 114 cm³/mol. The van der Waals surface area contributed by atoms with Crippen molar-refractivity contribution in [3.63, 3.8) is 0 Å². The third-order valence-electron chi connectivity index (χ3n) is 4.99. The standard InChI is InChI=1S/C21H20ClN3O4S/c22-18-9-6-16(12-20(18)30(27,28)25-10-2-1-3-11-25)21(26)24-17-7-4-15(5-8-17)19-13-23-14-29-19/h4-9,12-14H,1-3,10-11H2,(H,24,26). The molecule has 4 rings (SSSR count). The van der Waals surface area contributed by atoms with Gasteiger partial charge < -0.3 is 9.73 Å². The minimum absolute atomic E-state index is 0.0422. The number of rotatable bonds is 5. The summed E-state index contributed by atoms with van der Waals surface area (Å²) < 4.78 is 32.7. The molecule has 1 aromatic heterocycles. The van der Waals surface area contributed by atoms with E-state index in [0.717, 1.165) is 24.8 Å². The Balaban J connectivity index is 1.54. The number of carbonyl (C=O) groups excluding carboxylic acids is 1. The summed E-state index contributed by atoms with van der Waals surface area (Å²) in [6.07, 6.45) is 5.60. The van der Waals surface area contributed by atoms with Crippen LogP contribution in [0, 0.1) is 0 Å². The summed E-state index contributed by atoms with van der Waals surface area (Å²) in [5.74, 6) is 0.201. The van der Waals surface area contributed by atoms with Gasteiger partial charge in [-0.15, -0.1) is 0 Å². The van der Waals surface area contributed by atoms with E-state index in [4.69, 9.17) is 16.0 Å². The molecule has 2 heterocycles. The Kier molecular flexibility index (Phi) is 5.90. The summed E-state index contributed by atoms with van der Waals surface area (Å²) in [6.45, 7) is 0.930. The Labute approximate surface area is 179 Å². The molecule has 9 heteroatoms. The third-order valence-corrected chi connectivity index (χ3v) is 7.37. The fraction of sp³-hybridized carbons (Fsp3) is 0.238. The molecule has 1 saturated heterocycles. The summed E-state index contributed by atoms with van der Waals surface area (Å²) >= 11 is 6.18. The highest BCUT2D eigenvalue weighted by molar-refractivity contribution is 7.89. The normalized spacial score (nSPS) is 15.1. The molecule has 0 spiro atoms. The van der Waals surface area contributed by atoms with E-state index in [-0.39, 0.29) is 15.5 Å². The Hall–Kier alpha value is -2.68. The van der Waals surface area contributed by atoms with Crippen molar-refractivity contribution in [2.45, 2.75) is 24.2 Å². The van der Waals surface area contributed by atoms with Gasteiger partial charge in [0.25, 0.3) is 5.91 Å². The minimum atomic E-state index is -3.75. The quantitative estimate of drug-likeness (QED) is 0.627. The molecular formula is C21H20ClN3O4S. The first kappa shape index (κ1) is 20.6. The van der Waals surface area contributed by atoms with E-state index in [2.05, 4.69) is 10.3 Å². The Morgan fingerprint density at radius 2 is 1.80 bits per heavy atom. The van der Waals surface area contributed by atoms with Crippen molar-refractivity contribution in [2.75, 3.05) is 18.4 Å². The molecule has 1 fully saturated rings. The van der Waals surface area contributed by atoms with Crippen LogP contribution in [0.25, 0.3) is 11.3 Å². The van der Waals surface area contributed by atoms with Crippen LogP contribution in [0.1, 0.15) is 29.6 Å². The molecule has 1 aliphatic rings. The number of sulfonamides is 1. The van der Waals surface area contributed by atoms with Crippen LogP contribution in [0.2, 0.25) is 5.02 Å². The average molecular weight is 446 g/mol. The number of hydrogen-bond donors (Lipinski definition) is 1. The van der Waals surface area contributed by atoms with Crippen molar-refractivity contribution in [3.8, 4) is 11.3 Å². The zero-order valence-corrected chi connectivity index (χ0v) is 17.6. The maximum Gasteiger partial charge on any atom is 0.255 e. The van der Waals surface area contributed by atoms with Crippen molar-refractivity contribution >= 4 is 33.2 Å². The second kappa shape index (κ2) is 8.59. The minimum Gasteiger partial charge on any atom is -0.444 e. The molecule has 1 N–H and O–H groups in total. The summed E-state index contributed by atoms with van der Waals surface area (Å²) in [4.78, 5) is 16.5. The molecule has 156 valence electrons. The molecule has 1 amide bonds. The molecule has 0 saturated carbocycles. The van der Waals surface area contributed by atoms with Gasteiger partial charge in [0, 0.05) is 29.9 Å². The van der Waals surface area contributed by atoms with Gasteiger partial charge in [-0.3, -0.25) is 4.79 Å².